The van der Waals surface area contributed by atoms with Crippen LogP contribution in [-0.2, 0) is 0 Å². The van der Waals surface area contributed by atoms with Crippen molar-refractivity contribution >= 4 is 23.5 Å². The highest BCUT2D eigenvalue weighted by Gasteiger charge is 2.15. The predicted octanol–water partition coefficient (Wildman–Crippen LogP) is 7.28. The third kappa shape index (κ3) is 9.03. The van der Waals surface area contributed by atoms with Crippen molar-refractivity contribution in [1.82, 2.24) is 24.3 Å². The lowest BCUT2D eigenvalue weighted by molar-refractivity contribution is 0.396. The topological polar surface area (TPSA) is 61.9 Å². The van der Waals surface area contributed by atoms with Gasteiger partial charge in [-0.05, 0) is 96.3 Å². The lowest BCUT2D eigenvalue weighted by atomic mass is 10.1. The molecule has 0 spiro atoms. The summed E-state index contributed by atoms with van der Waals surface area (Å²) in [6.07, 6.45) is 10.5. The molecule has 2 heterocycles. The number of aliphatic imine (C=N–C) groups is 2. The summed E-state index contributed by atoms with van der Waals surface area (Å²) in [6.45, 7) is 3.90. The lowest BCUT2D eigenvalue weighted by Crippen LogP contribution is -2.12. The first kappa shape index (κ1) is 31.9. The van der Waals surface area contributed by atoms with Gasteiger partial charge in [0.25, 0.3) is 0 Å². The molecule has 232 valence electrons. The van der Waals surface area contributed by atoms with Gasteiger partial charge in [-0.25, -0.2) is 9.97 Å². The number of unbranched alkanes of at least 4 members (excludes halogenated alkanes) is 2. The molecule has 0 bridgehead atoms. The van der Waals surface area contributed by atoms with Gasteiger partial charge in [0.1, 0.15) is 5.65 Å². The van der Waals surface area contributed by atoms with Gasteiger partial charge in [0.2, 0.25) is 0 Å². The summed E-state index contributed by atoms with van der Waals surface area (Å²) in [7, 11) is 8.43. The van der Waals surface area contributed by atoms with Crippen LogP contribution in [0.5, 0.6) is 0 Å². The summed E-state index contributed by atoms with van der Waals surface area (Å²) in [5.74, 6) is 0.700. The fourth-order valence-corrected chi connectivity index (χ4v) is 5.21. The van der Waals surface area contributed by atoms with Crippen molar-refractivity contribution in [2.24, 2.45) is 9.98 Å². The van der Waals surface area contributed by atoms with E-state index in [0.29, 0.717) is 5.82 Å². The normalized spacial score (nSPS) is 12.0. The maximum absolute atomic E-state index is 5.11. The largest absolute Gasteiger partial charge is 0.309 e. The molecular formula is C38H45N7. The molecule has 45 heavy (non-hydrogen) atoms. The molecule has 0 aliphatic heterocycles. The van der Waals surface area contributed by atoms with Gasteiger partial charge in [-0.2, -0.15) is 0 Å². The number of rotatable bonds is 15. The molecule has 0 saturated carbocycles. The Kier molecular flexibility index (Phi) is 11.4. The van der Waals surface area contributed by atoms with Crippen LogP contribution in [0, 0.1) is 0 Å². The highest BCUT2D eigenvalue weighted by atomic mass is 15.1. The van der Waals surface area contributed by atoms with E-state index in [9.17, 15) is 0 Å². The molecule has 5 rings (SSSR count). The SMILES string of the molecule is CN(C)CCCC/N=C/c1ccc(-c2nc(-c3ccccc3)c3ccn(-c4ccc(/C=N/CCCCN(C)C)cc4)c3n2)cc1. The summed E-state index contributed by atoms with van der Waals surface area (Å²) in [5.41, 5.74) is 7.08. The van der Waals surface area contributed by atoms with Crippen molar-refractivity contribution in [3.8, 4) is 28.3 Å². The van der Waals surface area contributed by atoms with Crippen molar-refractivity contribution in [1.29, 1.82) is 0 Å². The zero-order valence-electron chi connectivity index (χ0n) is 27.1. The molecule has 0 aliphatic rings. The first-order valence-electron chi connectivity index (χ1n) is 15.9. The number of benzene rings is 3. The Hall–Kier alpha value is -4.46. The number of nitrogens with zero attached hydrogens (tertiary/aromatic N) is 7. The summed E-state index contributed by atoms with van der Waals surface area (Å²) in [6, 6.07) is 29.3. The van der Waals surface area contributed by atoms with Gasteiger partial charge in [-0.3, -0.25) is 9.98 Å². The number of hydrogen-bond donors (Lipinski definition) is 0. The van der Waals surface area contributed by atoms with Gasteiger partial charge in [0, 0.05) is 53.9 Å². The van der Waals surface area contributed by atoms with Crippen molar-refractivity contribution in [2.75, 3.05) is 54.4 Å². The highest BCUT2D eigenvalue weighted by Crippen LogP contribution is 2.31. The second-order valence-corrected chi connectivity index (χ2v) is 12.0. The average molecular weight is 600 g/mol. The molecule has 0 fully saturated rings. The smallest absolute Gasteiger partial charge is 0.162 e. The average Bonchev–Trinajstić information content (AvgIpc) is 3.49. The van der Waals surface area contributed by atoms with Gasteiger partial charge in [0.15, 0.2) is 5.82 Å². The maximum atomic E-state index is 5.11. The summed E-state index contributed by atoms with van der Waals surface area (Å²) >= 11 is 0. The van der Waals surface area contributed by atoms with E-state index in [1.165, 1.54) is 0 Å². The van der Waals surface area contributed by atoms with Crippen LogP contribution in [0.25, 0.3) is 39.4 Å². The molecule has 0 saturated heterocycles. The maximum Gasteiger partial charge on any atom is 0.162 e. The molecule has 5 aromatic rings. The van der Waals surface area contributed by atoms with Crippen molar-refractivity contribution in [3.63, 3.8) is 0 Å². The Morgan fingerprint density at radius 3 is 1.78 bits per heavy atom. The van der Waals surface area contributed by atoms with E-state index in [1.807, 2.05) is 18.5 Å². The molecule has 0 atom stereocenters. The fraction of sp³-hybridized carbons (Fsp3) is 0.316. The van der Waals surface area contributed by atoms with Crippen molar-refractivity contribution in [2.45, 2.75) is 25.7 Å². The third-order valence-electron chi connectivity index (χ3n) is 7.70. The minimum Gasteiger partial charge on any atom is -0.309 e. The van der Waals surface area contributed by atoms with Crippen molar-refractivity contribution in [3.05, 3.63) is 102 Å². The summed E-state index contributed by atoms with van der Waals surface area (Å²) in [4.78, 5) is 23.9. The van der Waals surface area contributed by atoms with Gasteiger partial charge in [-0.1, -0.05) is 66.7 Å². The van der Waals surface area contributed by atoms with Crippen LogP contribution < -0.4 is 0 Å². The number of fused-ring (bicyclic) bond motifs is 1. The standard InChI is InChI=1S/C38H45N7/c1-43(2)25-10-8-23-39-28-30-14-18-33(19-15-30)37-41-36(32-12-6-5-7-13-32)35-22-27-45(38(35)42-37)34-20-16-31(17-21-34)29-40-24-9-11-26-44(3)4/h5-7,12-22,27-29H,8-11,23-26H2,1-4H3/b39-28+,40-29+. The van der Waals surface area contributed by atoms with Crippen LogP contribution in [0.15, 0.2) is 101 Å². The molecule has 0 unspecified atom stereocenters. The molecule has 3 aromatic carbocycles. The Morgan fingerprint density at radius 2 is 1.20 bits per heavy atom. The van der Waals surface area contributed by atoms with E-state index < -0.39 is 0 Å². The van der Waals surface area contributed by atoms with E-state index in [4.69, 9.17) is 9.97 Å². The van der Waals surface area contributed by atoms with E-state index >= 15 is 0 Å². The van der Waals surface area contributed by atoms with E-state index in [0.717, 1.165) is 96.5 Å². The van der Waals surface area contributed by atoms with Gasteiger partial charge in [-0.15, -0.1) is 0 Å². The molecule has 2 aromatic heterocycles. The minimum absolute atomic E-state index is 0.700. The molecule has 0 N–H and O–H groups in total. The van der Waals surface area contributed by atoms with Crippen molar-refractivity contribution < 1.29 is 0 Å². The van der Waals surface area contributed by atoms with Gasteiger partial charge < -0.3 is 14.4 Å². The Morgan fingerprint density at radius 1 is 0.622 bits per heavy atom. The zero-order chi connectivity index (χ0) is 31.4. The molecule has 0 amide bonds. The summed E-state index contributed by atoms with van der Waals surface area (Å²) < 4.78 is 2.15. The molecule has 0 radical (unpaired) electrons. The van der Waals surface area contributed by atoms with E-state index in [2.05, 4.69) is 138 Å². The number of hydrogen-bond acceptors (Lipinski definition) is 6. The van der Waals surface area contributed by atoms with Crippen LogP contribution in [0.2, 0.25) is 0 Å². The number of aromatic nitrogens is 3. The molecule has 0 aliphatic carbocycles. The molecular weight excluding hydrogens is 554 g/mol. The van der Waals surface area contributed by atoms with Crippen LogP contribution in [0.4, 0.5) is 0 Å². The van der Waals surface area contributed by atoms with Gasteiger partial charge >= 0.3 is 0 Å². The van der Waals surface area contributed by atoms with Crippen LogP contribution in [0.3, 0.4) is 0 Å². The first-order chi connectivity index (χ1) is 22.0. The fourth-order valence-electron chi connectivity index (χ4n) is 5.21. The first-order valence-corrected chi connectivity index (χ1v) is 15.9. The van der Waals surface area contributed by atoms with E-state index in [1.54, 1.807) is 0 Å². The van der Waals surface area contributed by atoms with Crippen LogP contribution in [-0.4, -0.2) is 91.1 Å². The highest BCUT2D eigenvalue weighted by molar-refractivity contribution is 5.93. The van der Waals surface area contributed by atoms with Crippen LogP contribution in [0.1, 0.15) is 36.8 Å². The molecule has 7 heteroatoms. The monoisotopic (exact) mass is 599 g/mol. The quantitative estimate of drug-likeness (QED) is 0.0938. The van der Waals surface area contributed by atoms with E-state index in [-0.39, 0.29) is 0 Å². The minimum atomic E-state index is 0.700. The molecule has 7 nitrogen and oxygen atoms in total. The Bertz CT molecular complexity index is 1680. The third-order valence-corrected chi connectivity index (χ3v) is 7.70. The zero-order valence-corrected chi connectivity index (χ0v) is 27.1. The lowest BCUT2D eigenvalue weighted by Gasteiger charge is -2.10. The Labute approximate surface area is 268 Å². The second-order valence-electron chi connectivity index (χ2n) is 12.0. The van der Waals surface area contributed by atoms with Crippen LogP contribution >= 0.6 is 0 Å². The summed E-state index contributed by atoms with van der Waals surface area (Å²) in [5, 5.41) is 1.02. The predicted molar refractivity (Wildman–Crippen MR) is 190 cm³/mol. The Balaban J connectivity index is 1.38. The second kappa shape index (κ2) is 16.0. The van der Waals surface area contributed by atoms with Gasteiger partial charge in [0.05, 0.1) is 5.69 Å².